The summed E-state index contributed by atoms with van der Waals surface area (Å²) < 4.78 is 5.28. The third-order valence-corrected chi connectivity index (χ3v) is 4.12. The molecule has 1 amide bonds. The standard InChI is InChI=1S/C16H20N2O2/c19-16(20-11-12-5-2-1-3-6-12)18-15-8-4-7-13-9-17-10-14(13)15/h1-7,13-15,17H,8-11H2,(H,18,19). The summed E-state index contributed by atoms with van der Waals surface area (Å²) in [5, 5.41) is 6.39. The van der Waals surface area contributed by atoms with Crippen molar-refractivity contribution >= 4 is 6.09 Å². The van der Waals surface area contributed by atoms with Crippen LogP contribution in [0.5, 0.6) is 0 Å². The van der Waals surface area contributed by atoms with E-state index in [1.54, 1.807) is 0 Å². The largest absolute Gasteiger partial charge is 0.445 e. The van der Waals surface area contributed by atoms with E-state index >= 15 is 0 Å². The number of benzene rings is 1. The second-order valence-corrected chi connectivity index (χ2v) is 5.46. The first kappa shape index (κ1) is 13.2. The Labute approximate surface area is 119 Å². The molecule has 1 aliphatic heterocycles. The van der Waals surface area contributed by atoms with Gasteiger partial charge in [-0.15, -0.1) is 0 Å². The minimum atomic E-state index is -0.320. The van der Waals surface area contributed by atoms with Crippen molar-refractivity contribution in [2.75, 3.05) is 13.1 Å². The van der Waals surface area contributed by atoms with Crippen LogP contribution in [0.15, 0.2) is 42.5 Å². The first-order chi connectivity index (χ1) is 9.83. The van der Waals surface area contributed by atoms with E-state index in [9.17, 15) is 4.79 Å². The number of hydrogen-bond acceptors (Lipinski definition) is 3. The fraction of sp³-hybridized carbons (Fsp3) is 0.438. The molecule has 1 fully saturated rings. The first-order valence-corrected chi connectivity index (χ1v) is 7.17. The lowest BCUT2D eigenvalue weighted by atomic mass is 9.83. The number of nitrogens with one attached hydrogen (secondary N) is 2. The van der Waals surface area contributed by atoms with E-state index in [4.69, 9.17) is 4.74 Å². The number of amides is 1. The zero-order valence-electron chi connectivity index (χ0n) is 11.4. The van der Waals surface area contributed by atoms with E-state index < -0.39 is 0 Å². The monoisotopic (exact) mass is 272 g/mol. The van der Waals surface area contributed by atoms with Crippen LogP contribution < -0.4 is 10.6 Å². The van der Waals surface area contributed by atoms with Gasteiger partial charge in [-0.2, -0.15) is 0 Å². The van der Waals surface area contributed by atoms with E-state index in [-0.39, 0.29) is 12.1 Å². The zero-order valence-corrected chi connectivity index (χ0v) is 11.4. The van der Waals surface area contributed by atoms with E-state index in [0.29, 0.717) is 18.4 Å². The Morgan fingerprint density at radius 1 is 1.30 bits per heavy atom. The molecule has 1 aliphatic carbocycles. The SMILES string of the molecule is O=C(NC1CC=CC2CNCC21)OCc1ccccc1. The zero-order chi connectivity index (χ0) is 13.8. The number of rotatable bonds is 3. The van der Waals surface area contributed by atoms with Crippen LogP contribution in [0.1, 0.15) is 12.0 Å². The number of hydrogen-bond donors (Lipinski definition) is 2. The van der Waals surface area contributed by atoms with Crippen molar-refractivity contribution in [2.45, 2.75) is 19.1 Å². The smallest absolute Gasteiger partial charge is 0.407 e. The molecule has 20 heavy (non-hydrogen) atoms. The maximum Gasteiger partial charge on any atom is 0.407 e. The molecular weight excluding hydrogens is 252 g/mol. The van der Waals surface area contributed by atoms with Crippen LogP contribution in [-0.4, -0.2) is 25.2 Å². The van der Waals surface area contributed by atoms with Crippen molar-refractivity contribution in [3.63, 3.8) is 0 Å². The molecule has 0 bridgehead atoms. The summed E-state index contributed by atoms with van der Waals surface area (Å²) in [6.45, 7) is 2.30. The molecule has 3 unspecified atom stereocenters. The molecule has 4 nitrogen and oxygen atoms in total. The minimum absolute atomic E-state index is 0.184. The highest BCUT2D eigenvalue weighted by Crippen LogP contribution is 2.28. The summed E-state index contributed by atoms with van der Waals surface area (Å²) in [4.78, 5) is 11.9. The highest BCUT2D eigenvalue weighted by atomic mass is 16.5. The van der Waals surface area contributed by atoms with Gasteiger partial charge in [-0.25, -0.2) is 4.79 Å². The predicted molar refractivity (Wildman–Crippen MR) is 77.2 cm³/mol. The molecule has 0 aromatic heterocycles. The fourth-order valence-corrected chi connectivity index (χ4v) is 3.03. The van der Waals surface area contributed by atoms with Gasteiger partial charge in [-0.1, -0.05) is 42.5 Å². The van der Waals surface area contributed by atoms with Crippen molar-refractivity contribution < 1.29 is 9.53 Å². The van der Waals surface area contributed by atoms with Gasteiger partial charge < -0.3 is 15.4 Å². The van der Waals surface area contributed by atoms with Gasteiger partial charge in [0.1, 0.15) is 6.61 Å². The highest BCUT2D eigenvalue weighted by Gasteiger charge is 2.34. The Kier molecular flexibility index (Phi) is 4.02. The fourth-order valence-electron chi connectivity index (χ4n) is 3.03. The summed E-state index contributed by atoms with van der Waals surface area (Å²) in [7, 11) is 0. The molecule has 3 atom stereocenters. The molecule has 2 N–H and O–H groups in total. The Balaban J connectivity index is 1.50. The minimum Gasteiger partial charge on any atom is -0.445 e. The lowest BCUT2D eigenvalue weighted by molar-refractivity contribution is 0.130. The second-order valence-electron chi connectivity index (χ2n) is 5.46. The van der Waals surface area contributed by atoms with E-state index in [1.807, 2.05) is 30.3 Å². The lowest BCUT2D eigenvalue weighted by Gasteiger charge is -2.29. The summed E-state index contributed by atoms with van der Waals surface area (Å²) in [6, 6.07) is 9.92. The van der Waals surface area contributed by atoms with Crippen LogP contribution in [0, 0.1) is 11.8 Å². The molecule has 106 valence electrons. The van der Waals surface area contributed by atoms with Gasteiger partial charge >= 0.3 is 6.09 Å². The van der Waals surface area contributed by atoms with Crippen molar-refractivity contribution in [2.24, 2.45) is 11.8 Å². The average Bonchev–Trinajstić information content (AvgIpc) is 2.96. The van der Waals surface area contributed by atoms with Gasteiger partial charge in [0.05, 0.1) is 0 Å². The van der Waals surface area contributed by atoms with Crippen LogP contribution in [0.3, 0.4) is 0 Å². The third-order valence-electron chi connectivity index (χ3n) is 4.12. The van der Waals surface area contributed by atoms with Crippen molar-refractivity contribution in [1.29, 1.82) is 0 Å². The molecule has 1 heterocycles. The van der Waals surface area contributed by atoms with E-state index in [0.717, 1.165) is 25.1 Å². The van der Waals surface area contributed by atoms with Gasteiger partial charge in [-0.3, -0.25) is 0 Å². The number of alkyl carbamates (subject to hydrolysis) is 1. The molecule has 1 saturated heterocycles. The molecule has 0 radical (unpaired) electrons. The van der Waals surface area contributed by atoms with Crippen LogP contribution in [0.25, 0.3) is 0 Å². The average molecular weight is 272 g/mol. The Morgan fingerprint density at radius 2 is 2.15 bits per heavy atom. The molecule has 0 saturated carbocycles. The van der Waals surface area contributed by atoms with Gasteiger partial charge in [0.25, 0.3) is 0 Å². The molecule has 1 aromatic rings. The molecule has 3 rings (SSSR count). The van der Waals surface area contributed by atoms with Crippen LogP contribution >= 0.6 is 0 Å². The maximum atomic E-state index is 11.9. The van der Waals surface area contributed by atoms with Crippen LogP contribution in [0.4, 0.5) is 4.79 Å². The van der Waals surface area contributed by atoms with Crippen molar-refractivity contribution in [3.05, 3.63) is 48.0 Å². The molecule has 0 spiro atoms. The highest BCUT2D eigenvalue weighted by molar-refractivity contribution is 5.67. The second kappa shape index (κ2) is 6.09. The van der Waals surface area contributed by atoms with Crippen LogP contribution in [-0.2, 0) is 11.3 Å². The van der Waals surface area contributed by atoms with E-state index in [2.05, 4.69) is 22.8 Å². The predicted octanol–water partition coefficient (Wildman–Crippen LogP) is 2.08. The molecular formula is C16H20N2O2. The van der Waals surface area contributed by atoms with Crippen molar-refractivity contribution in [1.82, 2.24) is 10.6 Å². The van der Waals surface area contributed by atoms with Gasteiger partial charge in [-0.05, 0) is 23.8 Å². The Bertz CT molecular complexity index is 487. The van der Waals surface area contributed by atoms with Crippen molar-refractivity contribution in [3.8, 4) is 0 Å². The van der Waals surface area contributed by atoms with E-state index in [1.165, 1.54) is 0 Å². The molecule has 4 heteroatoms. The first-order valence-electron chi connectivity index (χ1n) is 7.17. The molecule has 1 aromatic carbocycles. The lowest BCUT2D eigenvalue weighted by Crippen LogP contribution is -2.44. The summed E-state index contributed by atoms with van der Waals surface area (Å²) in [5.41, 5.74) is 1.01. The number of fused-ring (bicyclic) bond motifs is 1. The van der Waals surface area contributed by atoms with Gasteiger partial charge in [0.15, 0.2) is 0 Å². The Hall–Kier alpha value is -1.81. The maximum absolute atomic E-state index is 11.9. The summed E-state index contributed by atoms with van der Waals surface area (Å²) >= 11 is 0. The number of carbonyl (C=O) groups excluding carboxylic acids is 1. The quantitative estimate of drug-likeness (QED) is 0.828. The number of carbonyl (C=O) groups is 1. The Morgan fingerprint density at radius 3 is 3.00 bits per heavy atom. The van der Waals surface area contributed by atoms with Crippen LogP contribution in [0.2, 0.25) is 0 Å². The van der Waals surface area contributed by atoms with Gasteiger partial charge in [0, 0.05) is 19.1 Å². The summed E-state index contributed by atoms with van der Waals surface area (Å²) in [6.07, 6.45) is 5.00. The third kappa shape index (κ3) is 3.02. The normalized spacial score (nSPS) is 27.9. The molecule has 2 aliphatic rings. The number of ether oxygens (including phenoxy) is 1. The van der Waals surface area contributed by atoms with Gasteiger partial charge in [0.2, 0.25) is 0 Å². The topological polar surface area (TPSA) is 50.4 Å². The summed E-state index contributed by atoms with van der Waals surface area (Å²) in [5.74, 6) is 1.03.